The van der Waals surface area contributed by atoms with Crippen LogP contribution in [0, 0.1) is 0 Å². The molecule has 16 heavy (non-hydrogen) atoms. The van der Waals surface area contributed by atoms with Crippen LogP contribution in [0.3, 0.4) is 0 Å². The molecule has 88 valence electrons. The molecule has 1 rings (SSSR count). The van der Waals surface area contributed by atoms with Crippen LogP contribution in [0.4, 0.5) is 0 Å². The average Bonchev–Trinajstić information content (AvgIpc) is 2.49. The van der Waals surface area contributed by atoms with Crippen molar-refractivity contribution >= 4 is 11.8 Å². The van der Waals surface area contributed by atoms with Crippen molar-refractivity contribution in [2.45, 2.75) is 26.2 Å². The van der Waals surface area contributed by atoms with Gasteiger partial charge in [-0.15, -0.1) is 11.8 Å². The van der Waals surface area contributed by atoms with Gasteiger partial charge in [0.15, 0.2) is 0 Å². The molecule has 0 radical (unpaired) electrons. The van der Waals surface area contributed by atoms with Gasteiger partial charge in [0.25, 0.3) is 0 Å². The van der Waals surface area contributed by atoms with Crippen molar-refractivity contribution in [1.29, 1.82) is 0 Å². The maximum absolute atomic E-state index is 4.12. The summed E-state index contributed by atoms with van der Waals surface area (Å²) < 4.78 is 0. The molecule has 0 bridgehead atoms. The highest BCUT2D eigenvalue weighted by atomic mass is 32.2. The lowest BCUT2D eigenvalue weighted by molar-refractivity contribution is 0.494. The van der Waals surface area contributed by atoms with Gasteiger partial charge in [0.2, 0.25) is 0 Å². The Morgan fingerprint density at radius 3 is 2.31 bits per heavy atom. The maximum atomic E-state index is 4.12. The second-order valence-electron chi connectivity index (χ2n) is 4.27. The van der Waals surface area contributed by atoms with Crippen molar-refractivity contribution in [3.05, 3.63) is 48.2 Å². The lowest BCUT2D eigenvalue weighted by atomic mass is 10.2. The Morgan fingerprint density at radius 2 is 1.81 bits per heavy atom. The number of thioether (sulfide) groups is 1. The predicted molar refractivity (Wildman–Crippen MR) is 75.2 cm³/mol. The largest absolute Gasteiger partial charge is 0.346 e. The van der Waals surface area contributed by atoms with E-state index in [0.717, 1.165) is 31.6 Å². The molecule has 0 aromatic rings. The van der Waals surface area contributed by atoms with E-state index in [1.54, 1.807) is 11.8 Å². The van der Waals surface area contributed by atoms with E-state index in [-0.39, 0.29) is 0 Å². The first-order chi connectivity index (χ1) is 7.50. The van der Waals surface area contributed by atoms with Crippen LogP contribution in [0.1, 0.15) is 26.2 Å². The second kappa shape index (κ2) is 6.00. The minimum atomic E-state index is 0.883. The van der Waals surface area contributed by atoms with Gasteiger partial charge in [-0.2, -0.15) is 0 Å². The Labute approximate surface area is 104 Å². The number of hydrogen-bond acceptors (Lipinski definition) is 2. The lowest BCUT2D eigenvalue weighted by Crippen LogP contribution is -2.18. The number of hydrogen-bond donors (Lipinski definition) is 0. The van der Waals surface area contributed by atoms with Gasteiger partial charge >= 0.3 is 0 Å². The van der Waals surface area contributed by atoms with Crippen LogP contribution in [-0.4, -0.2) is 17.2 Å². The number of nitrogens with zero attached hydrogens (tertiary/aromatic N) is 1. The highest BCUT2D eigenvalue weighted by Crippen LogP contribution is 2.29. The third kappa shape index (κ3) is 3.93. The summed E-state index contributed by atoms with van der Waals surface area (Å²) in [6, 6.07) is 0. The Bertz CT molecular complexity index is 312. The summed E-state index contributed by atoms with van der Waals surface area (Å²) in [4.78, 5) is 3.37. The molecule has 0 aliphatic carbocycles. The zero-order chi connectivity index (χ0) is 12.1. The molecule has 0 atom stereocenters. The van der Waals surface area contributed by atoms with Crippen LogP contribution in [0.2, 0.25) is 0 Å². The third-order valence-electron chi connectivity index (χ3n) is 2.65. The second-order valence-corrected chi connectivity index (χ2v) is 5.66. The Hall–Kier alpha value is -0.890. The topological polar surface area (TPSA) is 3.24 Å². The Kier molecular flexibility index (Phi) is 4.94. The number of allylic oxidation sites excluding steroid dienone is 3. The molecule has 0 amide bonds. The molecular formula is C14H21NS. The van der Waals surface area contributed by atoms with Crippen LogP contribution >= 0.6 is 11.8 Å². The first-order valence-electron chi connectivity index (χ1n) is 5.58. The Morgan fingerprint density at radius 1 is 1.25 bits per heavy atom. The van der Waals surface area contributed by atoms with E-state index in [4.69, 9.17) is 0 Å². The van der Waals surface area contributed by atoms with Crippen LogP contribution in [0.5, 0.6) is 0 Å². The Balaban J connectivity index is 2.31. The van der Waals surface area contributed by atoms with E-state index in [2.05, 4.69) is 31.2 Å². The van der Waals surface area contributed by atoms with Crippen LogP contribution < -0.4 is 0 Å². The summed E-state index contributed by atoms with van der Waals surface area (Å²) in [5.41, 5.74) is 3.61. The van der Waals surface area contributed by atoms with Gasteiger partial charge in [0.05, 0.1) is 0 Å². The number of rotatable bonds is 6. The minimum Gasteiger partial charge on any atom is -0.346 e. The zero-order valence-corrected chi connectivity index (χ0v) is 11.0. The molecule has 0 spiro atoms. The van der Waals surface area contributed by atoms with E-state index in [1.807, 2.05) is 6.92 Å². The van der Waals surface area contributed by atoms with Gasteiger partial charge in [0, 0.05) is 23.7 Å². The van der Waals surface area contributed by atoms with Gasteiger partial charge in [0.1, 0.15) is 0 Å². The van der Waals surface area contributed by atoms with E-state index in [9.17, 15) is 0 Å². The fourth-order valence-corrected chi connectivity index (χ4v) is 2.42. The van der Waals surface area contributed by atoms with Crippen molar-refractivity contribution in [1.82, 2.24) is 4.90 Å². The molecule has 0 saturated carbocycles. The molecule has 1 nitrogen and oxygen atoms in total. The fourth-order valence-electron chi connectivity index (χ4n) is 1.68. The summed E-state index contributed by atoms with van der Waals surface area (Å²) in [6.45, 7) is 19.0. The predicted octanol–water partition coefficient (Wildman–Crippen LogP) is 4.32. The molecule has 1 heterocycles. The quantitative estimate of drug-likeness (QED) is 0.631. The summed E-state index contributed by atoms with van der Waals surface area (Å²) in [7, 11) is 0. The molecule has 1 aliphatic heterocycles. The van der Waals surface area contributed by atoms with Crippen molar-refractivity contribution in [2.75, 3.05) is 12.3 Å². The van der Waals surface area contributed by atoms with Crippen LogP contribution in [0.15, 0.2) is 48.2 Å². The monoisotopic (exact) mass is 235 g/mol. The van der Waals surface area contributed by atoms with E-state index in [0.29, 0.717) is 0 Å². The summed E-state index contributed by atoms with van der Waals surface area (Å²) in [6.07, 6.45) is 3.13. The standard InChI is InChI=1S/C14H21NS/c1-11(2)16-9-8-12(3)10-15-13(4)6-7-14(15)5/h1,3-10H2,2H3. The summed E-state index contributed by atoms with van der Waals surface area (Å²) >= 11 is 1.80. The van der Waals surface area contributed by atoms with Crippen LogP contribution in [0.25, 0.3) is 0 Å². The summed E-state index contributed by atoms with van der Waals surface area (Å²) in [5.74, 6) is 1.07. The zero-order valence-electron chi connectivity index (χ0n) is 10.2. The van der Waals surface area contributed by atoms with Crippen molar-refractivity contribution in [3.63, 3.8) is 0 Å². The molecule has 1 fully saturated rings. The number of likely N-dealkylation sites (tertiary alicyclic amines) is 1. The fraction of sp³-hybridized carbons (Fsp3) is 0.429. The van der Waals surface area contributed by atoms with Gasteiger partial charge in [-0.3, -0.25) is 0 Å². The van der Waals surface area contributed by atoms with Crippen molar-refractivity contribution in [3.8, 4) is 0 Å². The molecule has 0 aromatic heterocycles. The maximum Gasteiger partial charge on any atom is 0.0432 e. The average molecular weight is 235 g/mol. The van der Waals surface area contributed by atoms with Crippen LogP contribution in [-0.2, 0) is 0 Å². The SMILES string of the molecule is C=C(CCSC(=C)C)CN1C(=C)CCC1=C. The normalized spacial score (nSPS) is 15.7. The highest BCUT2D eigenvalue weighted by molar-refractivity contribution is 8.03. The summed E-state index contributed by atoms with van der Waals surface area (Å²) in [5, 5.41) is 0. The molecule has 0 N–H and O–H groups in total. The first kappa shape index (κ1) is 13.2. The van der Waals surface area contributed by atoms with Gasteiger partial charge in [-0.25, -0.2) is 0 Å². The van der Waals surface area contributed by atoms with E-state index >= 15 is 0 Å². The minimum absolute atomic E-state index is 0.883. The molecule has 0 unspecified atom stereocenters. The molecule has 0 aromatic carbocycles. The van der Waals surface area contributed by atoms with Gasteiger partial charge in [-0.05, 0) is 31.1 Å². The van der Waals surface area contributed by atoms with Crippen molar-refractivity contribution in [2.24, 2.45) is 0 Å². The highest BCUT2D eigenvalue weighted by Gasteiger charge is 2.19. The van der Waals surface area contributed by atoms with Gasteiger partial charge in [-0.1, -0.05) is 31.9 Å². The molecule has 2 heteroatoms. The van der Waals surface area contributed by atoms with Crippen molar-refractivity contribution < 1.29 is 0 Å². The smallest absolute Gasteiger partial charge is 0.0432 e. The third-order valence-corrected chi connectivity index (χ3v) is 3.55. The molecular weight excluding hydrogens is 214 g/mol. The van der Waals surface area contributed by atoms with Gasteiger partial charge < -0.3 is 4.90 Å². The van der Waals surface area contributed by atoms with E-state index in [1.165, 1.54) is 21.9 Å². The molecule has 1 aliphatic rings. The first-order valence-corrected chi connectivity index (χ1v) is 6.57. The van der Waals surface area contributed by atoms with E-state index < -0.39 is 0 Å². The lowest BCUT2D eigenvalue weighted by Gasteiger charge is -2.21. The molecule has 1 saturated heterocycles.